The van der Waals surface area contributed by atoms with E-state index in [-0.39, 0.29) is 77.3 Å². The van der Waals surface area contributed by atoms with Crippen LogP contribution in [0.2, 0.25) is 0 Å². The number of carbonyl (C=O) groups excluding carboxylic acids is 7. The van der Waals surface area contributed by atoms with Crippen LogP contribution in [0.15, 0.2) is 195 Å². The molecular weight excluding hydrogens is 1760 g/mol. The molecule has 1 saturated carbocycles. The summed E-state index contributed by atoms with van der Waals surface area (Å²) in [6.07, 6.45) is 18.8. The highest BCUT2D eigenvalue weighted by atomic mass is 32.1. The van der Waals surface area contributed by atoms with E-state index < -0.39 is 6.11 Å². The number of anilines is 1. The van der Waals surface area contributed by atoms with Gasteiger partial charge in [-0.1, -0.05) is 193 Å². The Kier molecular flexibility index (Phi) is 39.4. The number of halogens is 2. The summed E-state index contributed by atoms with van der Waals surface area (Å²) < 4.78 is 30.8. The number of nitrogens with zero attached hydrogens (tertiary/aromatic N) is 13. The van der Waals surface area contributed by atoms with E-state index in [0.717, 1.165) is 117 Å². The van der Waals surface area contributed by atoms with Crippen LogP contribution in [0.4, 0.5) is 14.5 Å². The van der Waals surface area contributed by atoms with Crippen LogP contribution in [0.5, 0.6) is 5.75 Å². The molecule has 0 bridgehead atoms. The van der Waals surface area contributed by atoms with Gasteiger partial charge in [-0.2, -0.15) is 8.78 Å². The van der Waals surface area contributed by atoms with Crippen LogP contribution in [-0.2, 0) is 78.6 Å². The van der Waals surface area contributed by atoms with Gasteiger partial charge < -0.3 is 47.7 Å². The third-order valence-corrected chi connectivity index (χ3v) is 25.6. The van der Waals surface area contributed by atoms with Crippen LogP contribution in [0, 0.1) is 0 Å². The van der Waals surface area contributed by atoms with Gasteiger partial charge >= 0.3 is 6.11 Å². The van der Waals surface area contributed by atoms with E-state index in [1.165, 1.54) is 149 Å². The molecule has 131 heavy (non-hydrogen) atoms. The second kappa shape index (κ2) is 51.5. The van der Waals surface area contributed by atoms with Gasteiger partial charge in [0.05, 0.1) is 30.2 Å². The number of unbranched alkanes of at least 4 members (excludes halogenated alkanes) is 1. The van der Waals surface area contributed by atoms with Gasteiger partial charge in [0, 0.05) is 128 Å². The minimum atomic E-state index is -3.28. The smallest absolute Gasteiger partial charge is 0.394 e. The van der Waals surface area contributed by atoms with Crippen LogP contribution in [-0.4, -0.2) is 120 Å². The van der Waals surface area contributed by atoms with Crippen LogP contribution in [0.3, 0.4) is 0 Å². The second-order valence-electron chi connectivity index (χ2n) is 31.1. The first-order valence-electron chi connectivity index (χ1n) is 43.1. The lowest BCUT2D eigenvalue weighted by Gasteiger charge is -2.18. The Morgan fingerprint density at radius 3 is 1.29 bits per heavy atom. The van der Waals surface area contributed by atoms with E-state index in [0.29, 0.717) is 72.9 Å². The molecule has 29 nitrogen and oxygen atoms in total. The van der Waals surface area contributed by atoms with Crippen LogP contribution < -0.4 is 47.7 Å². The predicted octanol–water partition coefficient (Wildman–Crippen LogP) is 17.1. The number of nitrogen functional groups attached to an aromatic ring is 1. The Morgan fingerprint density at radius 2 is 0.840 bits per heavy atom. The number of amides is 7. The van der Waals surface area contributed by atoms with Crippen molar-refractivity contribution >= 4 is 104 Å². The minimum Gasteiger partial charge on any atom is -0.433 e. The Balaban J connectivity index is 0.000000170. The number of nitrogens with two attached hydrogens (primary N) is 1. The number of aryl methyl sites for hydroxylation is 2. The van der Waals surface area contributed by atoms with Crippen molar-refractivity contribution in [2.24, 2.45) is 0 Å². The molecule has 686 valence electrons. The maximum atomic E-state index is 13.1. The standard InChI is InChI=1S/C20H20F2N4O2S.C20H21N5O2S.2C19H20N4OS.C17H28N4O2S/c1-12(27)24-17(10-13-6-8-15(23)9-7-13)19-26-25-18(29-19)14-4-3-5-16(11-14)28-20(2,21)22;1-13(26)22-12-16-5-3-15(4-6-16)11-18(23-14(2)27)20-25-24-19(28-20)17-7-9-21-10-8-17;1-3-14-6-8-15(9-7-14)11-17(21-13(2)24)19-23-22-18(25-19)16-5-4-10-20-12-16;1-3-14-7-9-15(10-8-14)12-17(21-13(2)24)19-23-22-18(25-19)16-6-4-5-11-20-16;1-12(22)18-11-7-6-10-15(19-13(2)23)17-21-20-16(24-17)14-8-4-3-5-9-14/h3-9,11,17H,10,23H2,1-2H3,(H,24,27);3-10,18H,11-12H2,1-2H3,(H,22,26)(H,23,27);4-10,12,17H,3,11H2,1-2H3,(H,21,24);4-11,17H,3,12H2,1-2H3,(H,21,24);14-15H,3-11H2,1-2H3,(H,18,22)(H,19,23). The van der Waals surface area contributed by atoms with Gasteiger partial charge in [0.1, 0.15) is 56.5 Å². The summed E-state index contributed by atoms with van der Waals surface area (Å²) >= 11 is 7.34. The number of ether oxygens (including phenoxy) is 1. The molecule has 5 aromatic carbocycles. The highest BCUT2D eigenvalue weighted by Crippen LogP contribution is 2.38. The number of benzene rings is 5. The van der Waals surface area contributed by atoms with Crippen molar-refractivity contribution < 1.29 is 47.1 Å². The summed E-state index contributed by atoms with van der Waals surface area (Å²) in [5, 5.41) is 71.0. The summed E-state index contributed by atoms with van der Waals surface area (Å²) in [4.78, 5) is 92.5. The minimum absolute atomic E-state index is 0.00495. The van der Waals surface area contributed by atoms with E-state index >= 15 is 0 Å². The van der Waals surface area contributed by atoms with Crippen molar-refractivity contribution in [1.29, 1.82) is 0 Å². The SMILES string of the molecule is CC(=O)NC(Cc1ccc(N)cc1)c1nnc(-c2cccc(OC(C)(F)F)c2)s1.CC(=O)NCCCCC(NC(C)=O)c1nnc(C2CCCCC2)s1.CC(=O)NCc1ccc(CC(NC(C)=O)c2nnc(-c3ccncc3)s2)cc1.CCc1ccc(CC(NC(C)=O)c2nnc(-c3ccccn3)s2)cc1.CCc1ccc(CC(NC(C)=O)c2nnc(-c3cccnc3)s2)cc1. The molecule has 0 radical (unpaired) electrons. The molecule has 5 unspecified atom stereocenters. The van der Waals surface area contributed by atoms with Crippen molar-refractivity contribution in [3.05, 3.63) is 264 Å². The Labute approximate surface area is 780 Å². The maximum Gasteiger partial charge on any atom is 0.394 e. The van der Waals surface area contributed by atoms with Crippen LogP contribution in [0.1, 0.15) is 226 Å². The number of pyridine rings is 3. The molecule has 1 fully saturated rings. The lowest BCUT2D eigenvalue weighted by atomic mass is 9.90. The molecule has 13 aromatic rings. The quantitative estimate of drug-likeness (QED) is 0.0137. The van der Waals surface area contributed by atoms with E-state index in [9.17, 15) is 42.3 Å². The number of aromatic nitrogens is 13. The van der Waals surface area contributed by atoms with Gasteiger partial charge in [-0.3, -0.25) is 48.5 Å². The van der Waals surface area contributed by atoms with Crippen molar-refractivity contribution in [3.63, 3.8) is 0 Å². The number of nitrogens with one attached hydrogen (secondary N) is 7. The average molecular weight is 1870 g/mol. The Bertz CT molecular complexity index is 5600. The monoisotopic (exact) mass is 1870 g/mol. The van der Waals surface area contributed by atoms with E-state index in [2.05, 4.69) is 170 Å². The first-order valence-corrected chi connectivity index (χ1v) is 47.1. The molecule has 8 aromatic heterocycles. The van der Waals surface area contributed by atoms with Crippen molar-refractivity contribution in [3.8, 4) is 48.2 Å². The lowest BCUT2D eigenvalue weighted by Crippen LogP contribution is -2.27. The van der Waals surface area contributed by atoms with Gasteiger partial charge in [0.15, 0.2) is 5.01 Å². The molecule has 9 N–H and O–H groups in total. The summed E-state index contributed by atoms with van der Waals surface area (Å²) in [6.45, 7) is 16.6. The maximum absolute atomic E-state index is 13.1. The van der Waals surface area contributed by atoms with E-state index in [4.69, 9.17) is 5.73 Å². The van der Waals surface area contributed by atoms with Crippen molar-refractivity contribution in [1.82, 2.24) is 103 Å². The molecule has 36 heteroatoms. The number of carbonyl (C=O) groups is 7. The van der Waals surface area contributed by atoms with Gasteiger partial charge in [-0.05, 0) is 170 Å². The molecule has 1 aliphatic rings. The number of hydrogen-bond acceptors (Lipinski definition) is 27. The highest BCUT2D eigenvalue weighted by molar-refractivity contribution is 7.15. The Morgan fingerprint density at radius 1 is 0.412 bits per heavy atom. The van der Waals surface area contributed by atoms with Crippen LogP contribution >= 0.6 is 56.7 Å². The third-order valence-electron chi connectivity index (χ3n) is 20.1. The van der Waals surface area contributed by atoms with Crippen LogP contribution in [0.25, 0.3) is 42.4 Å². The molecule has 1 aliphatic carbocycles. The zero-order valence-electron chi connectivity index (χ0n) is 74.7. The molecular formula is C95H109F2N21O8S5. The molecule has 5 atom stereocenters. The summed E-state index contributed by atoms with van der Waals surface area (Å²) in [7, 11) is 0. The van der Waals surface area contributed by atoms with Gasteiger partial charge in [0.2, 0.25) is 41.4 Å². The molecule has 0 saturated heterocycles. The van der Waals surface area contributed by atoms with E-state index in [1.54, 1.807) is 66.6 Å². The second-order valence-corrected chi connectivity index (χ2v) is 36.2. The summed E-state index contributed by atoms with van der Waals surface area (Å²) in [5.41, 5.74) is 17.6. The normalized spacial score (nSPS) is 12.8. The molecule has 8 heterocycles. The molecule has 0 aliphatic heterocycles. The van der Waals surface area contributed by atoms with Gasteiger partial charge in [-0.25, -0.2) is 0 Å². The third kappa shape index (κ3) is 34.5. The Hall–Kier alpha value is -12.9. The zero-order chi connectivity index (χ0) is 93.6. The molecule has 0 spiro atoms. The number of alkyl halides is 2. The largest absolute Gasteiger partial charge is 0.433 e. The zero-order valence-corrected chi connectivity index (χ0v) is 78.8. The highest BCUT2D eigenvalue weighted by Gasteiger charge is 2.28. The molecule has 7 amide bonds. The lowest BCUT2D eigenvalue weighted by molar-refractivity contribution is -0.159. The fourth-order valence-corrected chi connectivity index (χ4v) is 18.3. The first-order chi connectivity index (χ1) is 63.1. The molecule has 14 rings (SSSR count). The van der Waals surface area contributed by atoms with Crippen molar-refractivity contribution in [2.75, 3.05) is 12.3 Å². The summed E-state index contributed by atoms with van der Waals surface area (Å²) in [6, 6.07) is 50.7. The topological polar surface area (TPSA) is 407 Å². The summed E-state index contributed by atoms with van der Waals surface area (Å²) in [5.74, 6) is 0.00515. The first kappa shape index (κ1) is 100. The number of hydrogen-bond donors (Lipinski definition) is 8. The van der Waals surface area contributed by atoms with Gasteiger partial charge in [-0.15, -0.1) is 51.0 Å². The average Bonchev–Trinajstić information content (AvgIpc) is 1.68. The van der Waals surface area contributed by atoms with Crippen molar-refractivity contribution in [2.45, 2.75) is 208 Å². The van der Waals surface area contributed by atoms with E-state index in [1.807, 2.05) is 78.9 Å². The number of rotatable bonds is 34. The fraction of sp³-hybridized carbons (Fsp3) is 0.347. The predicted molar refractivity (Wildman–Crippen MR) is 508 cm³/mol. The fourth-order valence-electron chi connectivity index (χ4n) is 13.7. The van der Waals surface area contributed by atoms with Gasteiger partial charge in [0.25, 0.3) is 0 Å².